The number of carbonyl (C=O) groups excluding carboxylic acids is 1. The van der Waals surface area contributed by atoms with Gasteiger partial charge >= 0.3 is 5.97 Å². The first-order valence-corrected chi connectivity index (χ1v) is 12.0. The second kappa shape index (κ2) is 9.98. The third-order valence-corrected chi connectivity index (χ3v) is 6.60. The second-order valence-electron chi connectivity index (χ2n) is 7.27. The van der Waals surface area contributed by atoms with Gasteiger partial charge in [0.1, 0.15) is 6.04 Å². The molecule has 0 spiro atoms. The normalized spacial score (nSPS) is 15.3. The smallest absolute Gasteiger partial charge is 0.338 e. The summed E-state index contributed by atoms with van der Waals surface area (Å²) in [6.07, 6.45) is 0.736. The van der Waals surface area contributed by atoms with Crippen LogP contribution in [0.1, 0.15) is 37.4 Å². The molecule has 1 aliphatic heterocycles. The van der Waals surface area contributed by atoms with Crippen molar-refractivity contribution in [3.63, 3.8) is 0 Å². The number of hydrogen-bond donors (Lipinski definition) is 1. The van der Waals surface area contributed by atoms with Crippen LogP contribution in [0.2, 0.25) is 10.0 Å². The van der Waals surface area contributed by atoms with Gasteiger partial charge in [-0.3, -0.25) is 0 Å². The Morgan fingerprint density at radius 3 is 2.59 bits per heavy atom. The molecule has 0 saturated heterocycles. The molecule has 166 valence electrons. The van der Waals surface area contributed by atoms with E-state index in [0.29, 0.717) is 44.8 Å². The van der Waals surface area contributed by atoms with Gasteiger partial charge in [-0.2, -0.15) is 4.98 Å². The van der Waals surface area contributed by atoms with Crippen LogP contribution in [0, 0.1) is 0 Å². The predicted octanol–water partition coefficient (Wildman–Crippen LogP) is 6.12. The SMILES string of the molecule is CCCOC(=O)C1=C(C)Nc2nc(SCc3ccccc3Cl)nn2C1c1ccccc1Cl. The zero-order valence-electron chi connectivity index (χ0n) is 17.6. The molecule has 6 nitrogen and oxygen atoms in total. The Kier molecular flexibility index (Phi) is 7.08. The lowest BCUT2D eigenvalue weighted by Gasteiger charge is -2.28. The number of allylic oxidation sites excluding steroid dienone is 1. The van der Waals surface area contributed by atoms with E-state index >= 15 is 0 Å². The zero-order chi connectivity index (χ0) is 22.7. The maximum absolute atomic E-state index is 13.0. The van der Waals surface area contributed by atoms with E-state index in [2.05, 4.69) is 10.3 Å². The predicted molar refractivity (Wildman–Crippen MR) is 128 cm³/mol. The molecule has 2 aromatic carbocycles. The van der Waals surface area contributed by atoms with Crippen molar-refractivity contribution in [2.24, 2.45) is 0 Å². The zero-order valence-corrected chi connectivity index (χ0v) is 20.0. The number of nitrogens with one attached hydrogen (secondary N) is 1. The molecule has 0 bridgehead atoms. The monoisotopic (exact) mass is 488 g/mol. The molecular weight excluding hydrogens is 467 g/mol. The number of hydrogen-bond acceptors (Lipinski definition) is 6. The number of benzene rings is 2. The van der Waals surface area contributed by atoms with E-state index in [-0.39, 0.29) is 0 Å². The second-order valence-corrected chi connectivity index (χ2v) is 9.02. The summed E-state index contributed by atoms with van der Waals surface area (Å²) in [5.74, 6) is 0.770. The molecule has 1 atom stereocenters. The van der Waals surface area contributed by atoms with Crippen LogP contribution in [0.4, 0.5) is 5.95 Å². The summed E-state index contributed by atoms with van der Waals surface area (Å²) in [4.78, 5) is 17.6. The van der Waals surface area contributed by atoms with Crippen molar-refractivity contribution in [3.8, 4) is 0 Å². The van der Waals surface area contributed by atoms with Crippen LogP contribution in [-0.4, -0.2) is 27.3 Å². The Bertz CT molecular complexity index is 1180. The third-order valence-electron chi connectivity index (χ3n) is 5.00. The van der Waals surface area contributed by atoms with E-state index in [1.54, 1.807) is 10.7 Å². The number of fused-ring (bicyclic) bond motifs is 1. The van der Waals surface area contributed by atoms with Crippen molar-refractivity contribution >= 4 is 46.9 Å². The first-order valence-electron chi connectivity index (χ1n) is 10.2. The van der Waals surface area contributed by atoms with E-state index in [9.17, 15) is 4.79 Å². The molecule has 9 heteroatoms. The highest BCUT2D eigenvalue weighted by Gasteiger charge is 2.36. The van der Waals surface area contributed by atoms with Crippen molar-refractivity contribution in [1.82, 2.24) is 14.8 Å². The van der Waals surface area contributed by atoms with Gasteiger partial charge in [-0.1, -0.05) is 78.3 Å². The van der Waals surface area contributed by atoms with Crippen LogP contribution in [0.5, 0.6) is 0 Å². The van der Waals surface area contributed by atoms with E-state index in [1.807, 2.05) is 56.3 Å². The van der Waals surface area contributed by atoms with Gasteiger partial charge in [0.25, 0.3) is 0 Å². The van der Waals surface area contributed by atoms with Crippen LogP contribution >= 0.6 is 35.0 Å². The Balaban J connectivity index is 1.70. The van der Waals surface area contributed by atoms with E-state index in [4.69, 9.17) is 33.0 Å². The van der Waals surface area contributed by atoms with Crippen LogP contribution in [0.25, 0.3) is 0 Å². The van der Waals surface area contributed by atoms with Gasteiger partial charge in [-0.15, -0.1) is 5.10 Å². The summed E-state index contributed by atoms with van der Waals surface area (Å²) in [7, 11) is 0. The van der Waals surface area contributed by atoms with Crippen molar-refractivity contribution < 1.29 is 9.53 Å². The molecule has 0 amide bonds. The van der Waals surface area contributed by atoms with E-state index in [0.717, 1.165) is 17.5 Å². The molecule has 32 heavy (non-hydrogen) atoms. The molecule has 0 saturated carbocycles. The number of nitrogens with zero attached hydrogens (tertiary/aromatic N) is 3. The molecular formula is C23H22Cl2N4O2S. The summed E-state index contributed by atoms with van der Waals surface area (Å²) in [5, 5.41) is 9.72. The Morgan fingerprint density at radius 2 is 1.88 bits per heavy atom. The molecule has 3 aromatic rings. The molecule has 1 aliphatic rings. The van der Waals surface area contributed by atoms with Crippen LogP contribution in [0.15, 0.2) is 65.0 Å². The van der Waals surface area contributed by atoms with Gasteiger partial charge in [0.15, 0.2) is 0 Å². The number of thioether (sulfide) groups is 1. The first-order chi connectivity index (χ1) is 15.5. The standard InChI is InChI=1S/C23H22Cl2N4O2S/c1-3-12-31-21(30)19-14(2)26-22-27-23(32-13-15-8-4-6-10-17(15)24)28-29(22)20(19)16-9-5-7-11-18(16)25/h4-11,20H,3,12-13H2,1-2H3,(H,26,27,28). The molecule has 2 heterocycles. The number of halogens is 2. The Morgan fingerprint density at radius 1 is 1.16 bits per heavy atom. The average molecular weight is 489 g/mol. The number of rotatable bonds is 7. The Hall–Kier alpha value is -2.48. The van der Waals surface area contributed by atoms with Crippen molar-refractivity contribution in [2.75, 3.05) is 11.9 Å². The van der Waals surface area contributed by atoms with Gasteiger partial charge < -0.3 is 10.1 Å². The minimum Gasteiger partial charge on any atom is -0.462 e. The fourth-order valence-corrected chi connectivity index (χ4v) is 4.83. The van der Waals surface area contributed by atoms with Crippen LogP contribution in [-0.2, 0) is 15.3 Å². The summed E-state index contributed by atoms with van der Waals surface area (Å²) < 4.78 is 7.17. The minimum absolute atomic E-state index is 0.341. The van der Waals surface area contributed by atoms with Gasteiger partial charge in [-0.05, 0) is 31.0 Å². The molecule has 0 radical (unpaired) electrons. The number of aromatic nitrogens is 3. The molecule has 4 rings (SSSR count). The van der Waals surface area contributed by atoms with Gasteiger partial charge in [0, 0.05) is 27.1 Å². The highest BCUT2D eigenvalue weighted by atomic mass is 35.5. The quantitative estimate of drug-likeness (QED) is 0.319. The van der Waals surface area contributed by atoms with Crippen molar-refractivity contribution in [2.45, 2.75) is 37.2 Å². The third kappa shape index (κ3) is 4.65. The number of anilines is 1. The molecule has 1 unspecified atom stereocenters. The largest absolute Gasteiger partial charge is 0.462 e. The van der Waals surface area contributed by atoms with Gasteiger partial charge in [-0.25, -0.2) is 9.48 Å². The lowest BCUT2D eigenvalue weighted by molar-refractivity contribution is -0.139. The average Bonchev–Trinajstić information content (AvgIpc) is 3.19. The molecule has 1 N–H and O–H groups in total. The maximum atomic E-state index is 13.0. The summed E-state index contributed by atoms with van der Waals surface area (Å²) in [5.41, 5.74) is 2.89. The van der Waals surface area contributed by atoms with E-state index in [1.165, 1.54) is 11.8 Å². The van der Waals surface area contributed by atoms with Crippen molar-refractivity contribution in [3.05, 3.63) is 81.0 Å². The molecule has 0 fully saturated rings. The number of carbonyl (C=O) groups is 1. The number of esters is 1. The Labute approximate surface area is 201 Å². The fourth-order valence-electron chi connectivity index (χ4n) is 3.47. The van der Waals surface area contributed by atoms with Crippen molar-refractivity contribution in [1.29, 1.82) is 0 Å². The summed E-state index contributed by atoms with van der Waals surface area (Å²) >= 11 is 14.3. The van der Waals surface area contributed by atoms with Crippen LogP contribution < -0.4 is 5.32 Å². The lowest BCUT2D eigenvalue weighted by atomic mass is 9.96. The lowest BCUT2D eigenvalue weighted by Crippen LogP contribution is -2.30. The maximum Gasteiger partial charge on any atom is 0.338 e. The van der Waals surface area contributed by atoms with Gasteiger partial charge in [0.05, 0.1) is 12.2 Å². The highest BCUT2D eigenvalue weighted by Crippen LogP contribution is 2.39. The minimum atomic E-state index is -0.550. The molecule has 1 aromatic heterocycles. The molecule has 0 aliphatic carbocycles. The van der Waals surface area contributed by atoms with Crippen LogP contribution in [0.3, 0.4) is 0 Å². The summed E-state index contributed by atoms with van der Waals surface area (Å²) in [6, 6.07) is 14.6. The fraction of sp³-hybridized carbons (Fsp3) is 0.261. The first kappa shape index (κ1) is 22.7. The number of ether oxygens (including phenoxy) is 1. The topological polar surface area (TPSA) is 69.0 Å². The summed E-state index contributed by atoms with van der Waals surface area (Å²) in [6.45, 7) is 4.13. The highest BCUT2D eigenvalue weighted by molar-refractivity contribution is 7.98. The van der Waals surface area contributed by atoms with E-state index < -0.39 is 12.0 Å². The van der Waals surface area contributed by atoms with Gasteiger partial charge in [0.2, 0.25) is 11.1 Å².